The monoisotopic (exact) mass is 512 g/mol. The number of nitrogens with zero attached hydrogens (tertiary/aromatic N) is 8. The van der Waals surface area contributed by atoms with E-state index in [0.29, 0.717) is 12.5 Å². The topological polar surface area (TPSA) is 83.9 Å². The molecular formula is C31H28N8. The maximum absolute atomic E-state index is 4.84. The average Bonchev–Trinajstić information content (AvgIpc) is 3.69. The van der Waals surface area contributed by atoms with E-state index in [1.165, 1.54) is 5.56 Å². The molecule has 0 bridgehead atoms. The molecule has 7 rings (SSSR count). The van der Waals surface area contributed by atoms with Crippen LogP contribution in [-0.2, 0) is 6.54 Å². The van der Waals surface area contributed by atoms with Gasteiger partial charge in [0.1, 0.15) is 18.5 Å². The van der Waals surface area contributed by atoms with Crippen LogP contribution in [0.1, 0.15) is 24.1 Å². The van der Waals surface area contributed by atoms with Gasteiger partial charge in [-0.1, -0.05) is 60.7 Å². The first-order valence-electron chi connectivity index (χ1n) is 13.4. The second kappa shape index (κ2) is 10.3. The van der Waals surface area contributed by atoms with Crippen molar-refractivity contribution in [1.82, 2.24) is 29.5 Å². The SMILES string of the molecule is c1ccc(-c2c(-c3ccc(CN4CCC(C5=NCC(c6ccccn6)=N5)CC4)cc3)ncn3cnnc23)cc1. The van der Waals surface area contributed by atoms with E-state index < -0.39 is 0 Å². The number of rotatable bonds is 6. The molecule has 0 amide bonds. The van der Waals surface area contributed by atoms with Crippen molar-refractivity contribution in [2.75, 3.05) is 19.6 Å². The van der Waals surface area contributed by atoms with Gasteiger partial charge in [0.25, 0.3) is 0 Å². The van der Waals surface area contributed by atoms with Crippen molar-refractivity contribution in [3.05, 3.63) is 103 Å². The number of aromatic nitrogens is 5. The highest BCUT2D eigenvalue weighted by Gasteiger charge is 2.26. The normalized spacial score (nSPS) is 16.4. The molecule has 0 unspecified atom stereocenters. The fourth-order valence-electron chi connectivity index (χ4n) is 5.52. The van der Waals surface area contributed by atoms with Gasteiger partial charge in [-0.25, -0.2) is 9.98 Å². The second-order valence-electron chi connectivity index (χ2n) is 10.1. The van der Waals surface area contributed by atoms with Crippen LogP contribution in [0.25, 0.3) is 28.0 Å². The van der Waals surface area contributed by atoms with E-state index in [-0.39, 0.29) is 0 Å². The van der Waals surface area contributed by atoms with Gasteiger partial charge < -0.3 is 0 Å². The lowest BCUT2D eigenvalue weighted by molar-refractivity contribution is 0.201. The van der Waals surface area contributed by atoms with Crippen LogP contribution in [0.15, 0.2) is 102 Å². The summed E-state index contributed by atoms with van der Waals surface area (Å²) in [4.78, 5) is 21.3. The standard InChI is InChI=1S/C31H28N8/c1-2-6-23(7-3-1)28-29(34-20-39-21-35-37-31(28)39)24-11-9-22(10-12-24)19-38-16-13-25(14-17-38)30-33-18-27(36-30)26-8-4-5-15-32-26/h1-12,15,20-21,25H,13-14,16-19H2. The lowest BCUT2D eigenvalue weighted by atomic mass is 9.95. The maximum atomic E-state index is 4.84. The number of piperidine rings is 1. The van der Waals surface area contributed by atoms with E-state index in [4.69, 9.17) is 15.0 Å². The number of benzene rings is 2. The van der Waals surface area contributed by atoms with Gasteiger partial charge in [0.2, 0.25) is 0 Å². The van der Waals surface area contributed by atoms with Crippen LogP contribution in [0.5, 0.6) is 0 Å². The first-order valence-corrected chi connectivity index (χ1v) is 13.4. The van der Waals surface area contributed by atoms with Crippen molar-refractivity contribution in [3.8, 4) is 22.4 Å². The molecule has 0 spiro atoms. The first-order chi connectivity index (χ1) is 19.3. The van der Waals surface area contributed by atoms with Gasteiger partial charge in [0.05, 0.1) is 29.2 Å². The summed E-state index contributed by atoms with van der Waals surface area (Å²) in [6.07, 6.45) is 7.45. The van der Waals surface area contributed by atoms with Crippen molar-refractivity contribution in [2.24, 2.45) is 15.9 Å². The van der Waals surface area contributed by atoms with E-state index in [1.807, 2.05) is 47.0 Å². The zero-order valence-electron chi connectivity index (χ0n) is 21.6. The molecule has 192 valence electrons. The van der Waals surface area contributed by atoms with Gasteiger partial charge in [0.15, 0.2) is 5.65 Å². The Balaban J connectivity index is 1.03. The van der Waals surface area contributed by atoms with E-state index in [9.17, 15) is 0 Å². The molecule has 3 aromatic heterocycles. The number of hydrogen-bond donors (Lipinski definition) is 0. The lowest BCUT2D eigenvalue weighted by Crippen LogP contribution is -2.35. The van der Waals surface area contributed by atoms with Crippen molar-refractivity contribution < 1.29 is 0 Å². The highest BCUT2D eigenvalue weighted by Crippen LogP contribution is 2.33. The van der Waals surface area contributed by atoms with Gasteiger partial charge >= 0.3 is 0 Å². The molecule has 0 radical (unpaired) electrons. The second-order valence-corrected chi connectivity index (χ2v) is 10.1. The molecular weight excluding hydrogens is 484 g/mol. The number of pyridine rings is 1. The third-order valence-corrected chi connectivity index (χ3v) is 7.59. The quantitative estimate of drug-likeness (QED) is 0.321. The van der Waals surface area contributed by atoms with Gasteiger partial charge in [-0.05, 0) is 49.2 Å². The van der Waals surface area contributed by atoms with Crippen molar-refractivity contribution in [2.45, 2.75) is 19.4 Å². The predicted octanol–water partition coefficient (Wildman–Crippen LogP) is 4.97. The van der Waals surface area contributed by atoms with Crippen LogP contribution in [0.2, 0.25) is 0 Å². The Kier molecular flexibility index (Phi) is 6.22. The fraction of sp³-hybridized carbons (Fsp3) is 0.226. The Morgan fingerprint density at radius 3 is 2.41 bits per heavy atom. The van der Waals surface area contributed by atoms with Gasteiger partial charge in [-0.3, -0.25) is 19.3 Å². The molecule has 0 saturated carbocycles. The summed E-state index contributed by atoms with van der Waals surface area (Å²) >= 11 is 0. The molecule has 39 heavy (non-hydrogen) atoms. The molecule has 0 N–H and O–H groups in total. The van der Waals surface area contributed by atoms with Crippen LogP contribution >= 0.6 is 0 Å². The minimum absolute atomic E-state index is 0.430. The largest absolute Gasteiger partial charge is 0.299 e. The third-order valence-electron chi connectivity index (χ3n) is 7.59. The Bertz CT molecular complexity index is 1650. The van der Waals surface area contributed by atoms with Crippen LogP contribution in [0, 0.1) is 5.92 Å². The highest BCUT2D eigenvalue weighted by atomic mass is 15.2. The minimum atomic E-state index is 0.430. The molecule has 0 aliphatic carbocycles. The molecule has 2 aliphatic rings. The summed E-state index contributed by atoms with van der Waals surface area (Å²) in [5, 5.41) is 8.48. The Labute approximate surface area is 226 Å². The summed E-state index contributed by atoms with van der Waals surface area (Å²) in [6.45, 7) is 3.67. The molecule has 8 nitrogen and oxygen atoms in total. The fourth-order valence-corrected chi connectivity index (χ4v) is 5.52. The maximum Gasteiger partial charge on any atom is 0.171 e. The van der Waals surface area contributed by atoms with E-state index in [1.54, 1.807) is 12.7 Å². The Hall–Kier alpha value is -4.56. The zero-order valence-corrected chi connectivity index (χ0v) is 21.6. The molecule has 1 fully saturated rings. The summed E-state index contributed by atoms with van der Waals surface area (Å²) in [5.74, 6) is 1.44. The van der Waals surface area contributed by atoms with E-state index >= 15 is 0 Å². The van der Waals surface area contributed by atoms with Crippen molar-refractivity contribution in [3.63, 3.8) is 0 Å². The first kappa shape index (κ1) is 23.5. The number of fused-ring (bicyclic) bond motifs is 1. The van der Waals surface area contributed by atoms with Gasteiger partial charge in [-0.15, -0.1) is 10.2 Å². The van der Waals surface area contributed by atoms with Crippen LogP contribution in [0.3, 0.4) is 0 Å². The molecule has 8 heteroatoms. The number of hydrogen-bond acceptors (Lipinski definition) is 7. The summed E-state index contributed by atoms with van der Waals surface area (Å²) in [6, 6.07) is 25.0. The predicted molar refractivity (Wildman–Crippen MR) is 153 cm³/mol. The molecule has 2 aromatic carbocycles. The van der Waals surface area contributed by atoms with Crippen LogP contribution in [-0.4, -0.2) is 60.6 Å². The van der Waals surface area contributed by atoms with Crippen molar-refractivity contribution >= 4 is 17.2 Å². The minimum Gasteiger partial charge on any atom is -0.299 e. The summed E-state index contributed by atoms with van der Waals surface area (Å²) in [5.41, 5.74) is 8.09. The molecule has 1 saturated heterocycles. The summed E-state index contributed by atoms with van der Waals surface area (Å²) in [7, 11) is 0. The van der Waals surface area contributed by atoms with Gasteiger partial charge in [0, 0.05) is 24.2 Å². The average molecular weight is 513 g/mol. The number of amidine groups is 1. The van der Waals surface area contributed by atoms with Crippen molar-refractivity contribution in [1.29, 1.82) is 0 Å². The third kappa shape index (κ3) is 4.75. The van der Waals surface area contributed by atoms with E-state index in [2.05, 4.69) is 56.5 Å². The molecule has 5 heterocycles. The molecule has 2 aliphatic heterocycles. The lowest BCUT2D eigenvalue weighted by Gasteiger charge is -2.31. The van der Waals surface area contributed by atoms with Crippen LogP contribution < -0.4 is 0 Å². The van der Waals surface area contributed by atoms with Crippen LogP contribution in [0.4, 0.5) is 0 Å². The Morgan fingerprint density at radius 1 is 0.795 bits per heavy atom. The van der Waals surface area contributed by atoms with E-state index in [0.717, 1.165) is 77.7 Å². The zero-order chi connectivity index (χ0) is 26.0. The van der Waals surface area contributed by atoms with Gasteiger partial charge in [-0.2, -0.15) is 0 Å². The number of likely N-dealkylation sites (tertiary alicyclic amines) is 1. The highest BCUT2D eigenvalue weighted by molar-refractivity contribution is 6.12. The number of aliphatic imine (C=N–C) groups is 2. The molecule has 5 aromatic rings. The molecule has 0 atom stereocenters. The Morgan fingerprint density at radius 2 is 1.62 bits per heavy atom. The summed E-state index contributed by atoms with van der Waals surface area (Å²) < 4.78 is 1.87. The smallest absolute Gasteiger partial charge is 0.171 e.